The van der Waals surface area contributed by atoms with E-state index in [0.29, 0.717) is 44.1 Å². The number of nitriles is 1. The summed E-state index contributed by atoms with van der Waals surface area (Å²) >= 11 is 0. The fourth-order valence-electron chi connectivity index (χ4n) is 4.23. The topological polar surface area (TPSA) is 133 Å². The number of carbonyl (C=O) groups is 1. The molecule has 1 unspecified atom stereocenters. The van der Waals surface area contributed by atoms with Gasteiger partial charge in [-0.15, -0.1) is 0 Å². The SMILES string of the molecule is CC(Nc1ncnc(N)c1C#N)c1cc2ccc(F)cc2nc1CN1CCN(C(=O)OC(C)(C)C)CC1. The third-order valence-electron chi connectivity index (χ3n) is 6.10. The molecule has 0 bridgehead atoms. The van der Waals surface area contributed by atoms with Gasteiger partial charge in [0.1, 0.15) is 41.0 Å². The maximum atomic E-state index is 14.0. The van der Waals surface area contributed by atoms with Gasteiger partial charge in [-0.05, 0) is 51.5 Å². The maximum Gasteiger partial charge on any atom is 0.410 e. The van der Waals surface area contributed by atoms with Crippen LogP contribution in [0, 0.1) is 17.1 Å². The van der Waals surface area contributed by atoms with Crippen molar-refractivity contribution in [2.45, 2.75) is 45.9 Å². The lowest BCUT2D eigenvalue weighted by Crippen LogP contribution is -2.49. The minimum absolute atomic E-state index is 0.0994. The lowest BCUT2D eigenvalue weighted by molar-refractivity contribution is 0.0138. The number of nitrogens with two attached hydrogens (primary N) is 1. The van der Waals surface area contributed by atoms with Crippen molar-refractivity contribution >= 4 is 28.6 Å². The molecule has 1 aliphatic rings. The van der Waals surface area contributed by atoms with Crippen molar-refractivity contribution < 1.29 is 13.9 Å². The van der Waals surface area contributed by atoms with Crippen LogP contribution in [0.25, 0.3) is 10.9 Å². The van der Waals surface area contributed by atoms with E-state index in [4.69, 9.17) is 15.5 Å². The number of halogens is 1. The molecular weight excluding hydrogens is 475 g/mol. The minimum Gasteiger partial charge on any atom is -0.444 e. The smallest absolute Gasteiger partial charge is 0.410 e. The molecule has 11 heteroatoms. The monoisotopic (exact) mass is 506 g/mol. The fraction of sp³-hybridized carbons (Fsp3) is 0.423. The second-order valence-electron chi connectivity index (χ2n) is 10.1. The summed E-state index contributed by atoms with van der Waals surface area (Å²) in [5.74, 6) is 0.0759. The zero-order valence-electron chi connectivity index (χ0n) is 21.5. The largest absolute Gasteiger partial charge is 0.444 e. The number of aromatic nitrogens is 3. The first-order chi connectivity index (χ1) is 17.5. The van der Waals surface area contributed by atoms with Crippen molar-refractivity contribution in [2.75, 3.05) is 37.2 Å². The number of pyridine rings is 1. The van der Waals surface area contributed by atoms with Crippen LogP contribution in [-0.4, -0.2) is 62.6 Å². The minimum atomic E-state index is -0.545. The number of carbonyl (C=O) groups excluding carboxylic acids is 1. The summed E-state index contributed by atoms with van der Waals surface area (Å²) < 4.78 is 19.5. The fourth-order valence-corrected chi connectivity index (χ4v) is 4.23. The number of nitrogens with zero attached hydrogens (tertiary/aromatic N) is 6. The van der Waals surface area contributed by atoms with Gasteiger partial charge in [-0.3, -0.25) is 9.88 Å². The summed E-state index contributed by atoms with van der Waals surface area (Å²) in [5.41, 5.74) is 7.69. The van der Waals surface area contributed by atoms with E-state index >= 15 is 0 Å². The Bertz CT molecular complexity index is 1340. The van der Waals surface area contributed by atoms with Crippen LogP contribution >= 0.6 is 0 Å². The Hall–Kier alpha value is -4.04. The summed E-state index contributed by atoms with van der Waals surface area (Å²) in [6.45, 7) is 10.3. The second-order valence-corrected chi connectivity index (χ2v) is 10.1. The molecule has 2 aromatic heterocycles. The Kier molecular flexibility index (Phi) is 7.40. The Labute approximate surface area is 215 Å². The van der Waals surface area contributed by atoms with Crippen LogP contribution in [0.15, 0.2) is 30.6 Å². The first-order valence-electron chi connectivity index (χ1n) is 12.1. The van der Waals surface area contributed by atoms with Crippen LogP contribution in [0.4, 0.5) is 20.8 Å². The number of anilines is 2. The highest BCUT2D eigenvalue weighted by Crippen LogP contribution is 2.28. The van der Waals surface area contributed by atoms with Crippen molar-refractivity contribution in [3.05, 3.63) is 53.2 Å². The number of hydrogen-bond acceptors (Lipinski definition) is 9. The van der Waals surface area contributed by atoms with Gasteiger partial charge in [-0.25, -0.2) is 19.2 Å². The quantitative estimate of drug-likeness (QED) is 0.529. The number of ether oxygens (including phenoxy) is 1. The van der Waals surface area contributed by atoms with E-state index in [0.717, 1.165) is 16.6 Å². The van der Waals surface area contributed by atoms with Crippen molar-refractivity contribution in [2.24, 2.45) is 0 Å². The molecule has 1 aromatic carbocycles. The van der Waals surface area contributed by atoms with E-state index in [9.17, 15) is 14.4 Å². The zero-order chi connectivity index (χ0) is 26.7. The molecule has 1 atom stereocenters. The highest BCUT2D eigenvalue weighted by molar-refractivity contribution is 5.80. The van der Waals surface area contributed by atoms with E-state index in [1.165, 1.54) is 18.5 Å². The molecule has 1 aliphatic heterocycles. The predicted octanol–water partition coefficient (Wildman–Crippen LogP) is 3.84. The standard InChI is InChI=1S/C26H31FN8O2/c1-16(32-24-20(13-28)23(29)30-15-31-24)19-11-17-5-6-18(27)12-21(17)33-22(19)14-34-7-9-35(10-8-34)25(36)37-26(2,3)4/h5-6,11-12,15-16H,7-10,14H2,1-4H3,(H3,29,30,31,32). The van der Waals surface area contributed by atoms with Gasteiger partial charge >= 0.3 is 6.09 Å². The molecular formula is C26H31FN8O2. The molecule has 4 rings (SSSR count). The first kappa shape index (κ1) is 26.0. The number of nitrogens with one attached hydrogen (secondary N) is 1. The molecule has 3 aromatic rings. The Morgan fingerprint density at radius 1 is 1.24 bits per heavy atom. The first-order valence-corrected chi connectivity index (χ1v) is 12.1. The summed E-state index contributed by atoms with van der Waals surface area (Å²) in [7, 11) is 0. The molecule has 1 amide bonds. The highest BCUT2D eigenvalue weighted by Gasteiger charge is 2.27. The van der Waals surface area contributed by atoms with Crippen LogP contribution in [-0.2, 0) is 11.3 Å². The molecule has 194 valence electrons. The zero-order valence-corrected chi connectivity index (χ0v) is 21.5. The third kappa shape index (κ3) is 6.21. The number of hydrogen-bond donors (Lipinski definition) is 2. The van der Waals surface area contributed by atoms with Crippen LogP contribution in [0.3, 0.4) is 0 Å². The molecule has 0 spiro atoms. The Balaban J connectivity index is 1.57. The number of fused-ring (bicyclic) bond motifs is 1. The molecule has 3 heterocycles. The molecule has 0 radical (unpaired) electrons. The van der Waals surface area contributed by atoms with Gasteiger partial charge in [0.15, 0.2) is 0 Å². The number of nitrogen functional groups attached to an aromatic ring is 1. The molecule has 0 aliphatic carbocycles. The van der Waals surface area contributed by atoms with Gasteiger partial charge in [0.2, 0.25) is 0 Å². The summed E-state index contributed by atoms with van der Waals surface area (Å²) in [6.07, 6.45) is 0.986. The number of rotatable bonds is 5. The number of amides is 1. The third-order valence-corrected chi connectivity index (χ3v) is 6.10. The van der Waals surface area contributed by atoms with E-state index in [1.54, 1.807) is 11.0 Å². The van der Waals surface area contributed by atoms with Crippen molar-refractivity contribution in [3.63, 3.8) is 0 Å². The Morgan fingerprint density at radius 3 is 2.65 bits per heavy atom. The van der Waals surface area contributed by atoms with Crippen molar-refractivity contribution in [1.29, 1.82) is 5.26 Å². The van der Waals surface area contributed by atoms with Crippen LogP contribution in [0.2, 0.25) is 0 Å². The second kappa shape index (κ2) is 10.5. The van der Waals surface area contributed by atoms with Gasteiger partial charge in [0, 0.05) is 44.2 Å². The number of piperazine rings is 1. The van der Waals surface area contributed by atoms with Crippen molar-refractivity contribution in [3.8, 4) is 6.07 Å². The lowest BCUT2D eigenvalue weighted by atomic mass is 10.0. The molecule has 1 saturated heterocycles. The van der Waals surface area contributed by atoms with Crippen molar-refractivity contribution in [1.82, 2.24) is 24.8 Å². The summed E-state index contributed by atoms with van der Waals surface area (Å²) in [4.78, 5) is 29.2. The van der Waals surface area contributed by atoms with Crippen LogP contribution < -0.4 is 11.1 Å². The number of benzene rings is 1. The predicted molar refractivity (Wildman–Crippen MR) is 138 cm³/mol. The maximum absolute atomic E-state index is 14.0. The van der Waals surface area contributed by atoms with Gasteiger partial charge in [0.05, 0.1) is 17.3 Å². The van der Waals surface area contributed by atoms with E-state index in [2.05, 4.69) is 20.2 Å². The molecule has 10 nitrogen and oxygen atoms in total. The average Bonchev–Trinajstić information content (AvgIpc) is 2.83. The summed E-state index contributed by atoms with van der Waals surface area (Å²) in [5, 5.41) is 13.6. The summed E-state index contributed by atoms with van der Waals surface area (Å²) in [6, 6.07) is 8.24. The van der Waals surface area contributed by atoms with Gasteiger partial charge in [0.25, 0.3) is 0 Å². The van der Waals surface area contributed by atoms with E-state index in [1.807, 2.05) is 39.8 Å². The normalized spacial score (nSPS) is 15.3. The molecule has 0 saturated carbocycles. The highest BCUT2D eigenvalue weighted by atomic mass is 19.1. The molecule has 37 heavy (non-hydrogen) atoms. The molecule has 3 N–H and O–H groups in total. The van der Waals surface area contributed by atoms with Gasteiger partial charge < -0.3 is 20.7 Å². The van der Waals surface area contributed by atoms with E-state index in [-0.39, 0.29) is 29.3 Å². The van der Waals surface area contributed by atoms with Gasteiger partial charge in [-0.2, -0.15) is 5.26 Å². The average molecular weight is 507 g/mol. The molecule has 1 fully saturated rings. The lowest BCUT2D eigenvalue weighted by Gasteiger charge is -2.35. The van der Waals surface area contributed by atoms with Gasteiger partial charge in [-0.1, -0.05) is 0 Å². The Morgan fingerprint density at radius 2 is 1.97 bits per heavy atom. The van der Waals surface area contributed by atoms with Crippen LogP contribution in [0.5, 0.6) is 0 Å². The van der Waals surface area contributed by atoms with Crippen LogP contribution in [0.1, 0.15) is 50.6 Å². The van der Waals surface area contributed by atoms with E-state index < -0.39 is 5.60 Å².